The molecular weight excluding hydrogens is 246 g/mol. The Morgan fingerprint density at radius 1 is 1.30 bits per heavy atom. The average molecular weight is 267 g/mol. The number of nitrogens with one attached hydrogen (secondary N) is 1. The number of fused-ring (bicyclic) bond motifs is 1. The lowest BCUT2D eigenvalue weighted by Gasteiger charge is -2.17. The maximum Gasteiger partial charge on any atom is 0.0727 e. The van der Waals surface area contributed by atoms with Gasteiger partial charge < -0.3 is 11.1 Å². The second-order valence-corrected chi connectivity index (χ2v) is 6.58. The number of nitrogen functional groups attached to an aromatic ring is 1. The molecule has 0 unspecified atom stereocenters. The minimum Gasteiger partial charge on any atom is -0.399 e. The van der Waals surface area contributed by atoms with E-state index in [-0.39, 0.29) is 0 Å². The van der Waals surface area contributed by atoms with Gasteiger partial charge in [0.25, 0.3) is 0 Å². The summed E-state index contributed by atoms with van der Waals surface area (Å²) in [6.45, 7) is 3.15. The molecule has 104 valence electrons. The normalized spacial score (nSPS) is 20.1. The van der Waals surface area contributed by atoms with E-state index in [1.807, 2.05) is 18.2 Å². The number of benzene rings is 1. The minimum atomic E-state index is 0.601. The van der Waals surface area contributed by atoms with Crippen LogP contribution in [0.2, 0.25) is 0 Å². The lowest BCUT2D eigenvalue weighted by atomic mass is 10.0. The SMILES string of the molecule is Cc1cc(NCC2(C3CC3)CC2)c2cc(N)ccc2n1. The van der Waals surface area contributed by atoms with Crippen molar-refractivity contribution in [2.75, 3.05) is 17.6 Å². The molecule has 1 aromatic heterocycles. The molecule has 0 aliphatic heterocycles. The molecule has 2 aliphatic carbocycles. The van der Waals surface area contributed by atoms with Gasteiger partial charge in [-0.2, -0.15) is 0 Å². The number of hydrogen-bond acceptors (Lipinski definition) is 3. The van der Waals surface area contributed by atoms with Crippen molar-refractivity contribution in [3.8, 4) is 0 Å². The minimum absolute atomic E-state index is 0.601. The van der Waals surface area contributed by atoms with Crippen LogP contribution in [-0.2, 0) is 0 Å². The lowest BCUT2D eigenvalue weighted by molar-refractivity contribution is 0.467. The Morgan fingerprint density at radius 3 is 2.80 bits per heavy atom. The second-order valence-electron chi connectivity index (χ2n) is 6.58. The Hall–Kier alpha value is -1.77. The number of aromatic nitrogens is 1. The van der Waals surface area contributed by atoms with Gasteiger partial charge in [-0.05, 0) is 68.2 Å². The number of nitrogens with zero attached hydrogens (tertiary/aromatic N) is 1. The fourth-order valence-electron chi connectivity index (χ4n) is 3.38. The van der Waals surface area contributed by atoms with Crippen LogP contribution in [0.25, 0.3) is 10.9 Å². The first-order chi connectivity index (χ1) is 9.66. The third kappa shape index (κ3) is 2.01. The van der Waals surface area contributed by atoms with Crippen LogP contribution in [0, 0.1) is 18.3 Å². The van der Waals surface area contributed by atoms with Gasteiger partial charge >= 0.3 is 0 Å². The van der Waals surface area contributed by atoms with Gasteiger partial charge in [0.1, 0.15) is 0 Å². The van der Waals surface area contributed by atoms with Crippen LogP contribution in [0.3, 0.4) is 0 Å². The highest BCUT2D eigenvalue weighted by Gasteiger charge is 2.53. The zero-order valence-corrected chi connectivity index (χ0v) is 11.9. The van der Waals surface area contributed by atoms with E-state index in [4.69, 9.17) is 5.73 Å². The molecule has 0 saturated heterocycles. The Balaban J connectivity index is 1.66. The first kappa shape index (κ1) is 12.0. The van der Waals surface area contributed by atoms with Crippen LogP contribution in [-0.4, -0.2) is 11.5 Å². The molecule has 0 atom stereocenters. The van der Waals surface area contributed by atoms with Gasteiger partial charge in [0.15, 0.2) is 0 Å². The molecule has 20 heavy (non-hydrogen) atoms. The highest BCUT2D eigenvalue weighted by Crippen LogP contribution is 2.61. The quantitative estimate of drug-likeness (QED) is 0.830. The van der Waals surface area contributed by atoms with E-state index in [1.165, 1.54) is 31.4 Å². The first-order valence-corrected chi connectivity index (χ1v) is 7.57. The molecule has 1 aromatic carbocycles. The number of rotatable bonds is 4. The van der Waals surface area contributed by atoms with E-state index < -0.39 is 0 Å². The van der Waals surface area contributed by atoms with E-state index in [9.17, 15) is 0 Å². The van der Waals surface area contributed by atoms with Crippen LogP contribution in [0.4, 0.5) is 11.4 Å². The summed E-state index contributed by atoms with van der Waals surface area (Å²) in [6.07, 6.45) is 5.67. The Kier molecular flexibility index (Phi) is 2.47. The maximum atomic E-state index is 5.93. The summed E-state index contributed by atoms with van der Waals surface area (Å²) < 4.78 is 0. The summed E-state index contributed by atoms with van der Waals surface area (Å²) in [7, 11) is 0. The standard InChI is InChI=1S/C17H21N3/c1-11-8-16(14-9-13(18)4-5-15(14)20-11)19-10-17(6-7-17)12-2-3-12/h4-5,8-9,12H,2-3,6-7,10,18H2,1H3,(H,19,20). The van der Waals surface area contributed by atoms with E-state index >= 15 is 0 Å². The van der Waals surface area contributed by atoms with Crippen LogP contribution in [0.1, 0.15) is 31.4 Å². The van der Waals surface area contributed by atoms with E-state index in [0.29, 0.717) is 5.41 Å². The Morgan fingerprint density at radius 2 is 2.10 bits per heavy atom. The molecule has 3 nitrogen and oxygen atoms in total. The van der Waals surface area contributed by atoms with Crippen molar-refractivity contribution in [3.05, 3.63) is 30.0 Å². The molecule has 0 amide bonds. The molecule has 3 heteroatoms. The van der Waals surface area contributed by atoms with E-state index in [1.54, 1.807) is 0 Å². The number of nitrogens with two attached hydrogens (primary N) is 1. The first-order valence-electron chi connectivity index (χ1n) is 7.57. The molecule has 0 spiro atoms. The fourth-order valence-corrected chi connectivity index (χ4v) is 3.38. The van der Waals surface area contributed by atoms with Crippen LogP contribution < -0.4 is 11.1 Å². The molecule has 4 rings (SSSR count). The highest BCUT2D eigenvalue weighted by atomic mass is 14.9. The summed E-state index contributed by atoms with van der Waals surface area (Å²) >= 11 is 0. The van der Waals surface area contributed by atoms with Crippen LogP contribution in [0.15, 0.2) is 24.3 Å². The predicted molar refractivity (Wildman–Crippen MR) is 83.8 cm³/mol. The van der Waals surface area contributed by atoms with Gasteiger partial charge in [-0.25, -0.2) is 0 Å². The van der Waals surface area contributed by atoms with Gasteiger partial charge in [0.2, 0.25) is 0 Å². The third-order valence-electron chi connectivity index (χ3n) is 4.93. The summed E-state index contributed by atoms with van der Waals surface area (Å²) in [6, 6.07) is 8.10. The zero-order valence-electron chi connectivity index (χ0n) is 11.9. The molecule has 2 aliphatic rings. The molecule has 2 fully saturated rings. The zero-order chi connectivity index (χ0) is 13.7. The monoisotopic (exact) mass is 267 g/mol. The molecule has 1 heterocycles. The second kappa shape index (κ2) is 4.11. The summed E-state index contributed by atoms with van der Waals surface area (Å²) in [5.41, 5.74) is 10.6. The van der Waals surface area contributed by atoms with Crippen molar-refractivity contribution in [2.45, 2.75) is 32.6 Å². The van der Waals surface area contributed by atoms with Crippen molar-refractivity contribution in [3.63, 3.8) is 0 Å². The van der Waals surface area contributed by atoms with E-state index in [0.717, 1.165) is 34.7 Å². The Bertz CT molecular complexity index is 669. The summed E-state index contributed by atoms with van der Waals surface area (Å²) in [5.74, 6) is 0.981. The van der Waals surface area contributed by atoms with Crippen LogP contribution >= 0.6 is 0 Å². The largest absolute Gasteiger partial charge is 0.399 e. The predicted octanol–water partition coefficient (Wildman–Crippen LogP) is 3.73. The third-order valence-corrected chi connectivity index (χ3v) is 4.93. The lowest BCUT2D eigenvalue weighted by Crippen LogP contribution is -2.17. The summed E-state index contributed by atoms with van der Waals surface area (Å²) in [5, 5.41) is 4.83. The average Bonchev–Trinajstić information content (AvgIpc) is 3.28. The number of anilines is 2. The molecule has 2 aromatic rings. The van der Waals surface area contributed by atoms with Crippen molar-refractivity contribution in [2.24, 2.45) is 11.3 Å². The maximum absolute atomic E-state index is 5.93. The van der Waals surface area contributed by atoms with Gasteiger partial charge in [0, 0.05) is 29.0 Å². The van der Waals surface area contributed by atoms with Crippen molar-refractivity contribution in [1.82, 2.24) is 4.98 Å². The van der Waals surface area contributed by atoms with Crippen molar-refractivity contribution >= 4 is 22.3 Å². The van der Waals surface area contributed by atoms with Gasteiger partial charge in [-0.3, -0.25) is 4.98 Å². The smallest absolute Gasteiger partial charge is 0.0727 e. The highest BCUT2D eigenvalue weighted by molar-refractivity contribution is 5.93. The molecule has 2 saturated carbocycles. The molecule has 0 bridgehead atoms. The summed E-state index contributed by atoms with van der Waals surface area (Å²) in [4.78, 5) is 4.59. The van der Waals surface area contributed by atoms with Gasteiger partial charge in [-0.1, -0.05) is 0 Å². The molecule has 3 N–H and O–H groups in total. The number of pyridine rings is 1. The van der Waals surface area contributed by atoms with E-state index in [2.05, 4.69) is 23.3 Å². The van der Waals surface area contributed by atoms with Crippen molar-refractivity contribution < 1.29 is 0 Å². The van der Waals surface area contributed by atoms with Crippen LogP contribution in [0.5, 0.6) is 0 Å². The topological polar surface area (TPSA) is 50.9 Å². The molecular formula is C17H21N3. The fraction of sp³-hybridized carbons (Fsp3) is 0.471. The Labute approximate surface area is 119 Å². The van der Waals surface area contributed by atoms with Gasteiger partial charge in [0.05, 0.1) is 5.52 Å². The number of aryl methyl sites for hydroxylation is 1. The van der Waals surface area contributed by atoms with Gasteiger partial charge in [-0.15, -0.1) is 0 Å². The van der Waals surface area contributed by atoms with Crippen molar-refractivity contribution in [1.29, 1.82) is 0 Å². The number of hydrogen-bond donors (Lipinski definition) is 2. The molecule has 0 radical (unpaired) electrons.